The molecule has 162 valence electrons. The molecule has 10 heteroatoms. The molecule has 5 rings (SSSR count). The summed E-state index contributed by atoms with van der Waals surface area (Å²) in [5.74, 6) is -0.789. The zero-order valence-electron chi connectivity index (χ0n) is 17.1. The largest absolute Gasteiger partial charge is 0.469 e. The van der Waals surface area contributed by atoms with Crippen molar-refractivity contribution in [2.24, 2.45) is 10.9 Å². The summed E-state index contributed by atoms with van der Waals surface area (Å²) in [6, 6.07) is 12.5. The van der Waals surface area contributed by atoms with Gasteiger partial charge in [-0.3, -0.25) is 24.3 Å². The predicted octanol–water partition coefficient (Wildman–Crippen LogP) is 1.77. The maximum absolute atomic E-state index is 13.4. The number of benzene rings is 2. The molecule has 0 amide bonds. The van der Waals surface area contributed by atoms with Gasteiger partial charge < -0.3 is 9.47 Å². The summed E-state index contributed by atoms with van der Waals surface area (Å²) in [6.45, 7) is 1.71. The van der Waals surface area contributed by atoms with E-state index < -0.39 is 28.6 Å². The molecule has 3 atom stereocenters. The summed E-state index contributed by atoms with van der Waals surface area (Å²) >= 11 is 1.18. The molecule has 32 heavy (non-hydrogen) atoms. The molecule has 0 aliphatic carbocycles. The second kappa shape index (κ2) is 7.13. The third-order valence-corrected chi connectivity index (χ3v) is 6.72. The van der Waals surface area contributed by atoms with E-state index in [1.165, 1.54) is 35.1 Å². The van der Waals surface area contributed by atoms with Crippen LogP contribution in [0.5, 0.6) is 5.75 Å². The first kappa shape index (κ1) is 20.1. The van der Waals surface area contributed by atoms with Gasteiger partial charge in [-0.25, -0.2) is 4.99 Å². The smallest absolute Gasteiger partial charge is 0.317 e. The van der Waals surface area contributed by atoms with Crippen LogP contribution in [0.2, 0.25) is 0 Å². The lowest BCUT2D eigenvalue weighted by atomic mass is 9.81. The summed E-state index contributed by atoms with van der Waals surface area (Å²) < 4.78 is 13.1. The molecule has 2 aromatic carbocycles. The van der Waals surface area contributed by atoms with Gasteiger partial charge in [-0.05, 0) is 36.8 Å². The molecular weight excluding hydrogens is 434 g/mol. The molecule has 0 spiro atoms. The topological polar surface area (TPSA) is 113 Å². The first-order chi connectivity index (χ1) is 15.3. The van der Waals surface area contributed by atoms with E-state index in [1.807, 2.05) is 18.2 Å². The number of para-hydroxylation sites is 1. The fourth-order valence-corrected chi connectivity index (χ4v) is 5.37. The number of nitro benzene ring substituents is 1. The second-order valence-corrected chi connectivity index (χ2v) is 8.68. The minimum atomic E-state index is -1.23. The van der Waals surface area contributed by atoms with Crippen molar-refractivity contribution in [3.8, 4) is 5.75 Å². The van der Waals surface area contributed by atoms with Crippen molar-refractivity contribution in [1.29, 1.82) is 0 Å². The molecule has 0 saturated carbocycles. The Labute approximate surface area is 185 Å². The molecule has 0 saturated heterocycles. The van der Waals surface area contributed by atoms with Crippen molar-refractivity contribution in [1.82, 2.24) is 4.57 Å². The maximum Gasteiger partial charge on any atom is 0.317 e. The average Bonchev–Trinajstić information content (AvgIpc) is 3.06. The van der Waals surface area contributed by atoms with Crippen LogP contribution >= 0.6 is 11.3 Å². The summed E-state index contributed by atoms with van der Waals surface area (Å²) in [5.41, 5.74) is -0.213. The molecule has 3 heterocycles. The van der Waals surface area contributed by atoms with Crippen molar-refractivity contribution >= 4 is 29.1 Å². The van der Waals surface area contributed by atoms with Crippen LogP contribution in [0.4, 0.5) is 5.69 Å². The van der Waals surface area contributed by atoms with Crippen LogP contribution in [0, 0.1) is 16.0 Å². The Morgan fingerprint density at radius 3 is 2.69 bits per heavy atom. The number of aromatic nitrogens is 1. The monoisotopic (exact) mass is 451 g/mol. The number of rotatable bonds is 3. The van der Waals surface area contributed by atoms with Gasteiger partial charge in [0, 0.05) is 17.7 Å². The van der Waals surface area contributed by atoms with Crippen LogP contribution in [0.1, 0.15) is 24.1 Å². The molecule has 2 aliphatic heterocycles. The Morgan fingerprint density at radius 1 is 1.28 bits per heavy atom. The van der Waals surface area contributed by atoms with Gasteiger partial charge >= 0.3 is 5.97 Å². The van der Waals surface area contributed by atoms with Gasteiger partial charge in [0.2, 0.25) is 5.72 Å². The van der Waals surface area contributed by atoms with E-state index >= 15 is 0 Å². The van der Waals surface area contributed by atoms with E-state index in [2.05, 4.69) is 4.99 Å². The predicted molar refractivity (Wildman–Crippen MR) is 115 cm³/mol. The Bertz CT molecular complexity index is 1440. The van der Waals surface area contributed by atoms with Gasteiger partial charge in [-0.1, -0.05) is 29.5 Å². The lowest BCUT2D eigenvalue weighted by molar-refractivity contribution is -0.384. The molecular formula is C22H17N3O6S. The molecule has 0 unspecified atom stereocenters. The Kier molecular flexibility index (Phi) is 4.48. The lowest BCUT2D eigenvalue weighted by Crippen LogP contribution is -2.58. The molecule has 1 aromatic heterocycles. The zero-order valence-corrected chi connectivity index (χ0v) is 17.9. The van der Waals surface area contributed by atoms with Crippen LogP contribution in [-0.2, 0) is 9.53 Å². The van der Waals surface area contributed by atoms with Gasteiger partial charge in [0.1, 0.15) is 11.7 Å². The number of carbonyl (C=O) groups is 1. The van der Waals surface area contributed by atoms with Crippen LogP contribution in [-0.4, -0.2) is 28.3 Å². The van der Waals surface area contributed by atoms with Crippen molar-refractivity contribution < 1.29 is 19.2 Å². The number of methoxy groups -OCH3 is 1. The number of esters is 1. The maximum atomic E-state index is 13.4. The van der Waals surface area contributed by atoms with Gasteiger partial charge in [-0.15, -0.1) is 0 Å². The standard InChI is InChI=1S/C22H17N3O6S/c1-22-17(20(27)30-2)18(14-5-3-4-6-15(14)31-22)24-19(26)16(32-21(24)23-22)11-12-7-9-13(10-8-12)25(28)29/h3-11,17-18H,1-2H3/b16-11+/t17-,18+,22-/m0/s1. The lowest BCUT2D eigenvalue weighted by Gasteiger charge is -2.44. The minimum Gasteiger partial charge on any atom is -0.469 e. The highest BCUT2D eigenvalue weighted by Gasteiger charge is 2.55. The third-order valence-electron chi connectivity index (χ3n) is 5.74. The second-order valence-electron chi connectivity index (χ2n) is 7.67. The van der Waals surface area contributed by atoms with Gasteiger partial charge in [0.05, 0.1) is 22.6 Å². The number of hydrogen-bond donors (Lipinski definition) is 0. The van der Waals surface area contributed by atoms with Gasteiger partial charge in [0.15, 0.2) is 4.80 Å². The number of carbonyl (C=O) groups excluding carboxylic acids is 1. The molecule has 3 aromatic rings. The highest BCUT2D eigenvalue weighted by Crippen LogP contribution is 2.47. The molecule has 9 nitrogen and oxygen atoms in total. The SMILES string of the molecule is COC(=O)[C@@H]1[C@H]2c3ccccc3O[C@]1(C)N=c1s/c(=C/c3ccc([N+](=O)[O-])cc3)c(=O)n12. The number of non-ortho nitro benzene ring substituents is 1. The highest BCUT2D eigenvalue weighted by molar-refractivity contribution is 7.07. The Morgan fingerprint density at radius 2 is 2.00 bits per heavy atom. The Hall–Kier alpha value is -3.79. The van der Waals surface area contributed by atoms with Gasteiger partial charge in [0.25, 0.3) is 11.2 Å². The van der Waals surface area contributed by atoms with Crippen molar-refractivity contribution in [3.63, 3.8) is 0 Å². The molecule has 0 radical (unpaired) electrons. The third kappa shape index (κ3) is 2.94. The number of nitro groups is 1. The number of thiazole rings is 1. The normalized spacial score (nSPS) is 23.4. The number of ether oxygens (including phenoxy) is 2. The van der Waals surface area contributed by atoms with E-state index in [4.69, 9.17) is 9.47 Å². The number of hydrogen-bond acceptors (Lipinski definition) is 8. The average molecular weight is 451 g/mol. The molecule has 0 N–H and O–H groups in total. The van der Waals surface area contributed by atoms with Crippen LogP contribution in [0.3, 0.4) is 0 Å². The summed E-state index contributed by atoms with van der Waals surface area (Å²) in [6.07, 6.45) is 1.66. The molecule has 2 aliphatic rings. The van der Waals surface area contributed by atoms with E-state index in [1.54, 1.807) is 31.2 Å². The van der Waals surface area contributed by atoms with Crippen molar-refractivity contribution in [3.05, 3.63) is 89.5 Å². The van der Waals surface area contributed by atoms with Crippen molar-refractivity contribution in [2.45, 2.75) is 18.7 Å². The molecule has 0 fully saturated rings. The van der Waals surface area contributed by atoms with Crippen LogP contribution in [0.15, 0.2) is 58.3 Å². The van der Waals surface area contributed by atoms with Gasteiger partial charge in [-0.2, -0.15) is 0 Å². The Balaban J connectivity index is 1.73. The van der Waals surface area contributed by atoms with E-state index in [9.17, 15) is 19.7 Å². The fraction of sp³-hybridized carbons (Fsp3) is 0.227. The van der Waals surface area contributed by atoms with Crippen LogP contribution in [0.25, 0.3) is 6.08 Å². The summed E-state index contributed by atoms with van der Waals surface area (Å²) in [7, 11) is 1.30. The van der Waals surface area contributed by atoms with E-state index in [-0.39, 0.29) is 11.2 Å². The van der Waals surface area contributed by atoms with Crippen LogP contribution < -0.4 is 19.6 Å². The summed E-state index contributed by atoms with van der Waals surface area (Å²) in [5, 5.41) is 10.9. The highest BCUT2D eigenvalue weighted by atomic mass is 32.1. The minimum absolute atomic E-state index is 0.0317. The zero-order chi connectivity index (χ0) is 22.6. The number of fused-ring (bicyclic) bond motifs is 6. The quantitative estimate of drug-likeness (QED) is 0.341. The first-order valence-electron chi connectivity index (χ1n) is 9.75. The number of nitrogens with zero attached hydrogens (tertiary/aromatic N) is 3. The fourth-order valence-electron chi connectivity index (χ4n) is 4.27. The van der Waals surface area contributed by atoms with Crippen molar-refractivity contribution in [2.75, 3.05) is 7.11 Å². The van der Waals surface area contributed by atoms with E-state index in [0.717, 1.165) is 0 Å². The van der Waals surface area contributed by atoms with E-state index in [0.29, 0.717) is 26.2 Å². The summed E-state index contributed by atoms with van der Waals surface area (Å²) in [4.78, 5) is 41.7. The first-order valence-corrected chi connectivity index (χ1v) is 10.6. The molecule has 2 bridgehead atoms.